The molecule has 1 heterocycles. The minimum absolute atomic E-state index is 0.312. The van der Waals surface area contributed by atoms with Crippen LogP contribution in [-0.2, 0) is 6.54 Å². The maximum atomic E-state index is 9.82. The van der Waals surface area contributed by atoms with Crippen LogP contribution in [0.1, 0.15) is 11.1 Å². The summed E-state index contributed by atoms with van der Waals surface area (Å²) in [4.78, 5) is 3.92. The lowest BCUT2D eigenvalue weighted by molar-refractivity contribution is 0.469. The zero-order valence-corrected chi connectivity index (χ0v) is 11.7. The van der Waals surface area contributed by atoms with Gasteiger partial charge in [0.2, 0.25) is 0 Å². The number of benzene rings is 2. The molecule has 0 unspecified atom stereocenters. The average molecular weight is 280 g/mol. The molecule has 0 aliphatic heterocycles. The van der Waals surface area contributed by atoms with E-state index in [-0.39, 0.29) is 0 Å². The minimum atomic E-state index is 0.312. The van der Waals surface area contributed by atoms with Crippen LogP contribution in [-0.4, -0.2) is 19.9 Å². The van der Waals surface area contributed by atoms with Gasteiger partial charge >= 0.3 is 0 Å². The smallest absolute Gasteiger partial charge is 0.138 e. The molecule has 3 aromatic rings. The molecule has 0 saturated heterocycles. The standard InChI is InChI=1S/C16H16N4O/c1-12-2-7-16(21)13(8-12)9-18-14-3-5-15(6-4-14)20-11-17-10-19-20/h2-8,10-11,18,21H,9H2,1H3. The first-order valence-electron chi connectivity index (χ1n) is 6.70. The zero-order valence-electron chi connectivity index (χ0n) is 11.7. The number of phenols is 1. The Labute approximate surface area is 122 Å². The second-order valence-corrected chi connectivity index (χ2v) is 4.87. The van der Waals surface area contributed by atoms with Gasteiger partial charge in [-0.2, -0.15) is 5.10 Å². The lowest BCUT2D eigenvalue weighted by Crippen LogP contribution is -2.01. The average Bonchev–Trinajstić information content (AvgIpc) is 3.03. The molecule has 0 aliphatic carbocycles. The Kier molecular flexibility index (Phi) is 3.55. The van der Waals surface area contributed by atoms with E-state index in [1.165, 1.54) is 6.33 Å². The minimum Gasteiger partial charge on any atom is -0.508 e. The fraction of sp³-hybridized carbons (Fsp3) is 0.125. The number of nitrogens with one attached hydrogen (secondary N) is 1. The molecule has 1 aromatic heterocycles. The third-order valence-electron chi connectivity index (χ3n) is 3.27. The van der Waals surface area contributed by atoms with Gasteiger partial charge in [0, 0.05) is 17.8 Å². The third-order valence-corrected chi connectivity index (χ3v) is 3.27. The molecule has 0 saturated carbocycles. The van der Waals surface area contributed by atoms with Crippen LogP contribution in [0.4, 0.5) is 5.69 Å². The van der Waals surface area contributed by atoms with Crippen LogP contribution >= 0.6 is 0 Å². The number of hydrogen-bond donors (Lipinski definition) is 2. The van der Waals surface area contributed by atoms with Crippen LogP contribution in [0.15, 0.2) is 55.1 Å². The molecule has 0 fully saturated rings. The normalized spacial score (nSPS) is 10.5. The Balaban J connectivity index is 1.70. The summed E-state index contributed by atoms with van der Waals surface area (Å²) in [5, 5.41) is 17.2. The van der Waals surface area contributed by atoms with Gasteiger partial charge < -0.3 is 10.4 Å². The van der Waals surface area contributed by atoms with E-state index in [2.05, 4.69) is 15.4 Å². The summed E-state index contributed by atoms with van der Waals surface area (Å²) >= 11 is 0. The highest BCUT2D eigenvalue weighted by Crippen LogP contribution is 2.20. The monoisotopic (exact) mass is 280 g/mol. The zero-order chi connectivity index (χ0) is 14.7. The summed E-state index contributed by atoms with van der Waals surface area (Å²) in [5.41, 5.74) is 3.96. The van der Waals surface area contributed by atoms with E-state index in [4.69, 9.17) is 0 Å². The van der Waals surface area contributed by atoms with Crippen LogP contribution < -0.4 is 5.32 Å². The Morgan fingerprint density at radius 2 is 1.95 bits per heavy atom. The molecule has 2 N–H and O–H groups in total. The van der Waals surface area contributed by atoms with Crippen molar-refractivity contribution >= 4 is 5.69 Å². The lowest BCUT2D eigenvalue weighted by Gasteiger charge is -2.09. The first-order valence-corrected chi connectivity index (χ1v) is 6.70. The van der Waals surface area contributed by atoms with Gasteiger partial charge in [-0.25, -0.2) is 9.67 Å². The van der Waals surface area contributed by atoms with Gasteiger partial charge in [-0.1, -0.05) is 17.7 Å². The van der Waals surface area contributed by atoms with E-state index in [0.29, 0.717) is 12.3 Å². The van der Waals surface area contributed by atoms with Crippen molar-refractivity contribution in [1.29, 1.82) is 0 Å². The molecule has 0 aliphatic rings. The number of phenolic OH excluding ortho intramolecular Hbond substituents is 1. The molecule has 0 amide bonds. The summed E-state index contributed by atoms with van der Waals surface area (Å²) < 4.78 is 1.70. The van der Waals surface area contributed by atoms with Gasteiger partial charge in [-0.15, -0.1) is 0 Å². The Hall–Kier alpha value is -2.82. The van der Waals surface area contributed by atoms with Gasteiger partial charge in [-0.05, 0) is 37.3 Å². The number of hydrogen-bond acceptors (Lipinski definition) is 4. The number of aromatic nitrogens is 3. The number of nitrogens with zero attached hydrogens (tertiary/aromatic N) is 3. The van der Waals surface area contributed by atoms with Crippen molar-refractivity contribution in [2.45, 2.75) is 13.5 Å². The maximum absolute atomic E-state index is 9.82. The summed E-state index contributed by atoms with van der Waals surface area (Å²) in [7, 11) is 0. The van der Waals surface area contributed by atoms with E-state index in [1.807, 2.05) is 43.3 Å². The first kappa shape index (κ1) is 13.2. The highest BCUT2D eigenvalue weighted by molar-refractivity contribution is 5.49. The Morgan fingerprint density at radius 1 is 1.14 bits per heavy atom. The van der Waals surface area contributed by atoms with Crippen molar-refractivity contribution in [3.63, 3.8) is 0 Å². The maximum Gasteiger partial charge on any atom is 0.138 e. The van der Waals surface area contributed by atoms with Crippen molar-refractivity contribution < 1.29 is 5.11 Å². The number of aryl methyl sites for hydroxylation is 1. The van der Waals surface area contributed by atoms with Gasteiger partial charge in [0.15, 0.2) is 0 Å². The van der Waals surface area contributed by atoms with E-state index < -0.39 is 0 Å². The van der Waals surface area contributed by atoms with Crippen LogP contribution in [0.3, 0.4) is 0 Å². The largest absolute Gasteiger partial charge is 0.508 e. The first-order chi connectivity index (χ1) is 10.2. The fourth-order valence-corrected chi connectivity index (χ4v) is 2.13. The van der Waals surface area contributed by atoms with Crippen molar-refractivity contribution in [3.05, 3.63) is 66.2 Å². The lowest BCUT2D eigenvalue weighted by atomic mass is 10.1. The second kappa shape index (κ2) is 5.66. The van der Waals surface area contributed by atoms with E-state index in [0.717, 1.165) is 22.5 Å². The van der Waals surface area contributed by atoms with Gasteiger partial charge in [0.1, 0.15) is 18.4 Å². The van der Waals surface area contributed by atoms with E-state index >= 15 is 0 Å². The quantitative estimate of drug-likeness (QED) is 0.771. The highest BCUT2D eigenvalue weighted by atomic mass is 16.3. The third kappa shape index (κ3) is 3.02. The van der Waals surface area contributed by atoms with Crippen LogP contribution in [0, 0.1) is 6.92 Å². The number of rotatable bonds is 4. The summed E-state index contributed by atoms with van der Waals surface area (Å²) in [6.07, 6.45) is 3.17. The number of anilines is 1. The van der Waals surface area contributed by atoms with Gasteiger partial charge in [-0.3, -0.25) is 0 Å². The van der Waals surface area contributed by atoms with Crippen molar-refractivity contribution in [2.75, 3.05) is 5.32 Å². The van der Waals surface area contributed by atoms with Crippen LogP contribution in [0.2, 0.25) is 0 Å². The summed E-state index contributed by atoms with van der Waals surface area (Å²) in [6, 6.07) is 13.5. The topological polar surface area (TPSA) is 63.0 Å². The molecular formula is C16H16N4O. The predicted molar refractivity (Wildman–Crippen MR) is 81.5 cm³/mol. The molecule has 21 heavy (non-hydrogen) atoms. The fourth-order valence-electron chi connectivity index (χ4n) is 2.13. The van der Waals surface area contributed by atoms with E-state index in [1.54, 1.807) is 17.1 Å². The molecular weight excluding hydrogens is 264 g/mol. The Morgan fingerprint density at radius 3 is 2.67 bits per heavy atom. The van der Waals surface area contributed by atoms with Crippen LogP contribution in [0.25, 0.3) is 5.69 Å². The van der Waals surface area contributed by atoms with Crippen molar-refractivity contribution in [3.8, 4) is 11.4 Å². The van der Waals surface area contributed by atoms with Crippen LogP contribution in [0.5, 0.6) is 5.75 Å². The summed E-state index contributed by atoms with van der Waals surface area (Å²) in [5.74, 6) is 0.312. The van der Waals surface area contributed by atoms with E-state index in [9.17, 15) is 5.11 Å². The molecule has 5 nitrogen and oxygen atoms in total. The van der Waals surface area contributed by atoms with Gasteiger partial charge in [0.05, 0.1) is 5.69 Å². The molecule has 106 valence electrons. The molecule has 5 heteroatoms. The molecule has 3 rings (SSSR count). The predicted octanol–water partition coefficient (Wildman–Crippen LogP) is 2.89. The molecule has 0 radical (unpaired) electrons. The van der Waals surface area contributed by atoms with Crippen molar-refractivity contribution in [1.82, 2.24) is 14.8 Å². The highest BCUT2D eigenvalue weighted by Gasteiger charge is 2.02. The molecule has 0 bridgehead atoms. The summed E-state index contributed by atoms with van der Waals surface area (Å²) in [6.45, 7) is 2.59. The van der Waals surface area contributed by atoms with Gasteiger partial charge in [0.25, 0.3) is 0 Å². The molecule has 0 atom stereocenters. The van der Waals surface area contributed by atoms with Crippen molar-refractivity contribution in [2.24, 2.45) is 0 Å². The SMILES string of the molecule is Cc1ccc(O)c(CNc2ccc(-n3cncn3)cc2)c1. The Bertz CT molecular complexity index is 721. The molecule has 2 aromatic carbocycles. The second-order valence-electron chi connectivity index (χ2n) is 4.87. The molecule has 0 spiro atoms. The number of aromatic hydroxyl groups is 1.